The number of aromatic nitrogens is 1. The zero-order chi connectivity index (χ0) is 21.6. The lowest BCUT2D eigenvalue weighted by atomic mass is 10.0. The number of rotatable bonds is 2. The Hall–Kier alpha value is -2.56. The summed E-state index contributed by atoms with van der Waals surface area (Å²) in [7, 11) is 0. The summed E-state index contributed by atoms with van der Waals surface area (Å²) in [5.74, 6) is 0. The monoisotopic (exact) mass is 441 g/mol. The number of hydrogen-bond donors (Lipinski definition) is 0. The highest BCUT2D eigenvalue weighted by Gasteiger charge is 2.37. The summed E-state index contributed by atoms with van der Waals surface area (Å²) in [6, 6.07) is 4.95. The second-order valence-corrected chi connectivity index (χ2v) is 6.77. The van der Waals surface area contributed by atoms with E-state index in [2.05, 4.69) is 4.98 Å². The van der Waals surface area contributed by atoms with Gasteiger partial charge in [-0.25, -0.2) is 4.98 Å². The van der Waals surface area contributed by atoms with Crippen molar-refractivity contribution < 1.29 is 39.5 Å². The second kappa shape index (κ2) is 7.05. The van der Waals surface area contributed by atoms with Crippen molar-refractivity contribution >= 4 is 11.3 Å². The van der Waals surface area contributed by atoms with E-state index in [-0.39, 0.29) is 22.3 Å². The molecule has 0 unspecified atom stereocenters. The van der Waals surface area contributed by atoms with Crippen molar-refractivity contribution in [2.45, 2.75) is 18.5 Å². The van der Waals surface area contributed by atoms with Crippen molar-refractivity contribution in [2.24, 2.45) is 0 Å². The molecule has 0 saturated heterocycles. The Balaban J connectivity index is 2.02. The number of alkyl halides is 9. The van der Waals surface area contributed by atoms with E-state index in [1.165, 1.54) is 5.38 Å². The Morgan fingerprint density at radius 3 is 1.52 bits per heavy atom. The molecule has 0 atom stereocenters. The molecule has 2 aromatic carbocycles. The quantitative estimate of drug-likeness (QED) is 0.375. The molecule has 3 rings (SSSR count). The lowest BCUT2D eigenvalue weighted by molar-refractivity contribution is -0.143. The highest BCUT2D eigenvalue weighted by Crippen LogP contribution is 2.40. The third kappa shape index (κ3) is 4.72. The van der Waals surface area contributed by atoms with E-state index in [1.54, 1.807) is 0 Å². The molecule has 0 spiro atoms. The third-order valence-electron chi connectivity index (χ3n) is 3.85. The summed E-state index contributed by atoms with van der Waals surface area (Å²) in [6.07, 6.45) is -14.5. The maximum absolute atomic E-state index is 13.0. The summed E-state index contributed by atoms with van der Waals surface area (Å²) in [5.41, 5.74) is -3.88. The van der Waals surface area contributed by atoms with Crippen LogP contribution in [-0.4, -0.2) is 4.98 Å². The van der Waals surface area contributed by atoms with E-state index >= 15 is 0 Å². The van der Waals surface area contributed by atoms with Crippen molar-refractivity contribution in [3.05, 3.63) is 64.5 Å². The van der Waals surface area contributed by atoms with Crippen LogP contribution in [0.25, 0.3) is 21.8 Å². The van der Waals surface area contributed by atoms with Gasteiger partial charge < -0.3 is 0 Å². The summed E-state index contributed by atoms with van der Waals surface area (Å²) in [5, 5.41) is 1.21. The fourth-order valence-electron chi connectivity index (χ4n) is 2.45. The van der Waals surface area contributed by atoms with Gasteiger partial charge in [-0.3, -0.25) is 0 Å². The maximum atomic E-state index is 13.0. The summed E-state index contributed by atoms with van der Waals surface area (Å²) >= 11 is 0.778. The fraction of sp³-hybridized carbons (Fsp3) is 0.167. The van der Waals surface area contributed by atoms with Gasteiger partial charge in [-0.1, -0.05) is 12.1 Å². The van der Waals surface area contributed by atoms with E-state index in [0.717, 1.165) is 35.6 Å². The Morgan fingerprint density at radius 1 is 0.586 bits per heavy atom. The standard InChI is InChI=1S/C18H8F9NS/c19-16(20,21)11-3-1-9(2-4-11)14-8-29-15(28-14)10-5-12(17(22,23)24)7-13(6-10)18(25,26)27/h1-8H. The molecule has 0 aliphatic carbocycles. The Kier molecular flexibility index (Phi) is 5.14. The molecule has 0 aliphatic rings. The van der Waals surface area contributed by atoms with Gasteiger partial charge in [0.05, 0.1) is 22.4 Å². The van der Waals surface area contributed by atoms with Gasteiger partial charge in [0.2, 0.25) is 0 Å². The molecule has 0 fully saturated rings. The molecule has 0 N–H and O–H groups in total. The summed E-state index contributed by atoms with van der Waals surface area (Å²) in [4.78, 5) is 3.99. The van der Waals surface area contributed by atoms with Crippen molar-refractivity contribution in [3.63, 3.8) is 0 Å². The number of hydrogen-bond acceptors (Lipinski definition) is 2. The van der Waals surface area contributed by atoms with Crippen LogP contribution in [0.2, 0.25) is 0 Å². The van der Waals surface area contributed by atoms with Gasteiger partial charge in [-0.2, -0.15) is 39.5 Å². The minimum absolute atomic E-state index is 0.00782. The van der Waals surface area contributed by atoms with E-state index in [1.807, 2.05) is 0 Å². The van der Waals surface area contributed by atoms with Gasteiger partial charge >= 0.3 is 18.5 Å². The van der Waals surface area contributed by atoms with E-state index in [9.17, 15) is 39.5 Å². The molecule has 1 nitrogen and oxygen atoms in total. The number of halogens is 9. The predicted octanol–water partition coefficient (Wildman–Crippen LogP) is 7.53. The van der Waals surface area contributed by atoms with Gasteiger partial charge in [-0.15, -0.1) is 11.3 Å². The SMILES string of the molecule is FC(F)(F)c1ccc(-c2csc(-c3cc(C(F)(F)F)cc(C(F)(F)F)c3)n2)cc1. The minimum atomic E-state index is -5.00. The highest BCUT2D eigenvalue weighted by molar-refractivity contribution is 7.13. The zero-order valence-corrected chi connectivity index (χ0v) is 14.7. The van der Waals surface area contributed by atoms with Gasteiger partial charge in [0, 0.05) is 16.5 Å². The molecule has 1 heterocycles. The molecule has 0 amide bonds. The summed E-state index contributed by atoms with van der Waals surface area (Å²) < 4.78 is 116. The lowest BCUT2D eigenvalue weighted by Crippen LogP contribution is -2.11. The molecule has 0 bridgehead atoms. The highest BCUT2D eigenvalue weighted by atomic mass is 32.1. The molecule has 29 heavy (non-hydrogen) atoms. The number of thiazole rings is 1. The smallest absolute Gasteiger partial charge is 0.236 e. The number of benzene rings is 2. The summed E-state index contributed by atoms with van der Waals surface area (Å²) in [6.45, 7) is 0. The van der Waals surface area contributed by atoms with E-state index in [4.69, 9.17) is 0 Å². The predicted molar refractivity (Wildman–Crippen MR) is 88.0 cm³/mol. The average Bonchev–Trinajstić information content (AvgIpc) is 3.09. The average molecular weight is 441 g/mol. The second-order valence-electron chi connectivity index (χ2n) is 5.91. The van der Waals surface area contributed by atoms with Crippen LogP contribution < -0.4 is 0 Å². The van der Waals surface area contributed by atoms with Crippen LogP contribution in [0, 0.1) is 0 Å². The lowest BCUT2D eigenvalue weighted by Gasteiger charge is -2.13. The molecule has 11 heteroatoms. The Labute approximate surface area is 161 Å². The third-order valence-corrected chi connectivity index (χ3v) is 4.74. The molecule has 0 aliphatic heterocycles. The molecule has 1 aromatic heterocycles. The fourth-order valence-corrected chi connectivity index (χ4v) is 3.26. The van der Waals surface area contributed by atoms with E-state index < -0.39 is 40.8 Å². The molecule has 0 saturated carbocycles. The maximum Gasteiger partial charge on any atom is 0.416 e. The van der Waals surface area contributed by atoms with Gasteiger partial charge in [0.25, 0.3) is 0 Å². The molecule has 154 valence electrons. The topological polar surface area (TPSA) is 12.9 Å². The van der Waals surface area contributed by atoms with Gasteiger partial charge in [0.1, 0.15) is 5.01 Å². The van der Waals surface area contributed by atoms with Crippen LogP contribution in [0.3, 0.4) is 0 Å². The van der Waals surface area contributed by atoms with Crippen molar-refractivity contribution in [1.82, 2.24) is 4.98 Å². The van der Waals surface area contributed by atoms with Crippen molar-refractivity contribution in [2.75, 3.05) is 0 Å². The van der Waals surface area contributed by atoms with Crippen LogP contribution in [-0.2, 0) is 18.5 Å². The Morgan fingerprint density at radius 2 is 1.07 bits per heavy atom. The van der Waals surface area contributed by atoms with Crippen molar-refractivity contribution in [3.8, 4) is 21.8 Å². The molecular weight excluding hydrogens is 433 g/mol. The zero-order valence-electron chi connectivity index (χ0n) is 13.9. The first-order valence-electron chi connectivity index (χ1n) is 7.68. The van der Waals surface area contributed by atoms with Crippen LogP contribution in [0.15, 0.2) is 47.8 Å². The first kappa shape index (κ1) is 21.2. The van der Waals surface area contributed by atoms with Crippen molar-refractivity contribution in [1.29, 1.82) is 0 Å². The van der Waals surface area contributed by atoms with E-state index in [0.29, 0.717) is 12.1 Å². The molecule has 0 radical (unpaired) electrons. The van der Waals surface area contributed by atoms with Gasteiger partial charge in [-0.05, 0) is 30.3 Å². The normalized spacial score (nSPS) is 13.0. The molecular formula is C18H8F9NS. The van der Waals surface area contributed by atoms with Crippen LogP contribution in [0.4, 0.5) is 39.5 Å². The largest absolute Gasteiger partial charge is 0.416 e. The molecule has 3 aromatic rings. The first-order valence-corrected chi connectivity index (χ1v) is 8.56. The minimum Gasteiger partial charge on any atom is -0.236 e. The number of nitrogens with zero attached hydrogens (tertiary/aromatic N) is 1. The van der Waals surface area contributed by atoms with Crippen LogP contribution >= 0.6 is 11.3 Å². The first-order chi connectivity index (χ1) is 13.2. The van der Waals surface area contributed by atoms with Crippen LogP contribution in [0.1, 0.15) is 16.7 Å². The van der Waals surface area contributed by atoms with Crippen LogP contribution in [0.5, 0.6) is 0 Å². The van der Waals surface area contributed by atoms with Gasteiger partial charge in [0.15, 0.2) is 0 Å². The Bertz CT molecular complexity index is 979.